The van der Waals surface area contributed by atoms with E-state index < -0.39 is 0 Å². The highest BCUT2D eigenvalue weighted by Gasteiger charge is 2.17. The Balaban J connectivity index is 1.82. The van der Waals surface area contributed by atoms with E-state index in [0.29, 0.717) is 24.3 Å². The second-order valence-corrected chi connectivity index (χ2v) is 8.17. The Morgan fingerprint density at radius 2 is 1.83 bits per heavy atom. The molecule has 0 saturated heterocycles. The molecule has 8 heteroatoms. The molecule has 0 amide bonds. The van der Waals surface area contributed by atoms with Gasteiger partial charge in [0, 0.05) is 11.3 Å². The third-order valence-electron chi connectivity index (χ3n) is 4.76. The summed E-state index contributed by atoms with van der Waals surface area (Å²) in [5.74, 6) is 1.99. The van der Waals surface area contributed by atoms with Crippen molar-refractivity contribution in [3.05, 3.63) is 64.4 Å². The highest BCUT2D eigenvalue weighted by atomic mass is 32.2. The van der Waals surface area contributed by atoms with Crippen LogP contribution in [-0.2, 0) is 11.3 Å². The first-order valence-electron chi connectivity index (χ1n) is 9.83. The number of benzene rings is 2. The third-order valence-corrected chi connectivity index (χ3v) is 5.66. The van der Waals surface area contributed by atoms with E-state index in [0.717, 1.165) is 27.7 Å². The van der Waals surface area contributed by atoms with Crippen LogP contribution in [0.15, 0.2) is 58.5 Å². The summed E-state index contributed by atoms with van der Waals surface area (Å²) >= 11 is 1.57. The van der Waals surface area contributed by atoms with E-state index >= 15 is 0 Å². The molecule has 30 heavy (non-hydrogen) atoms. The van der Waals surface area contributed by atoms with Crippen LogP contribution in [0.2, 0.25) is 0 Å². The Kier molecular flexibility index (Phi) is 6.06. The number of ether oxygens (including phenoxy) is 2. The predicted molar refractivity (Wildman–Crippen MR) is 119 cm³/mol. The second kappa shape index (κ2) is 8.89. The topological polar surface area (TPSA) is 70.7 Å². The molecule has 0 aliphatic rings. The van der Waals surface area contributed by atoms with Crippen molar-refractivity contribution in [3.63, 3.8) is 0 Å². The van der Waals surface area contributed by atoms with Crippen LogP contribution in [0, 0.1) is 0 Å². The fourth-order valence-electron chi connectivity index (χ4n) is 3.39. The maximum atomic E-state index is 13.3. The molecule has 7 nitrogen and oxygen atoms in total. The molecule has 0 unspecified atom stereocenters. The molecule has 0 spiro atoms. The van der Waals surface area contributed by atoms with Crippen molar-refractivity contribution in [1.82, 2.24) is 19.2 Å². The minimum atomic E-state index is -0.101. The number of para-hydroxylation sites is 2. The van der Waals surface area contributed by atoms with Gasteiger partial charge >= 0.3 is 0 Å². The molecule has 4 rings (SSSR count). The summed E-state index contributed by atoms with van der Waals surface area (Å²) in [7, 11) is 1.63. The third kappa shape index (κ3) is 3.93. The summed E-state index contributed by atoms with van der Waals surface area (Å²) in [6, 6.07) is 15.2. The van der Waals surface area contributed by atoms with Gasteiger partial charge < -0.3 is 9.47 Å². The number of fused-ring (bicyclic) bond motifs is 3. The largest absolute Gasteiger partial charge is 0.496 e. The fourth-order valence-corrected chi connectivity index (χ4v) is 4.16. The van der Waals surface area contributed by atoms with E-state index in [9.17, 15) is 4.79 Å². The molecule has 0 N–H and O–H groups in total. The minimum absolute atomic E-state index is 0.101. The molecule has 0 fully saturated rings. The van der Waals surface area contributed by atoms with Crippen LogP contribution in [0.25, 0.3) is 16.7 Å². The first kappa shape index (κ1) is 20.4. The molecule has 0 aliphatic heterocycles. The number of aromatic nitrogens is 4. The lowest BCUT2D eigenvalue weighted by atomic mass is 10.2. The average Bonchev–Trinajstić information content (AvgIpc) is 3.18. The Morgan fingerprint density at radius 3 is 2.63 bits per heavy atom. The van der Waals surface area contributed by atoms with Crippen molar-refractivity contribution in [3.8, 4) is 5.75 Å². The van der Waals surface area contributed by atoms with E-state index in [1.807, 2.05) is 66.8 Å². The molecular formula is C22H24N4O3S. The summed E-state index contributed by atoms with van der Waals surface area (Å²) in [4.78, 5) is 13.3. The number of nitrogens with zero attached hydrogens (tertiary/aromatic N) is 4. The van der Waals surface area contributed by atoms with Crippen LogP contribution in [0.5, 0.6) is 5.75 Å². The maximum Gasteiger partial charge on any atom is 0.263 e. The quantitative estimate of drug-likeness (QED) is 0.318. The Hall–Kier alpha value is -2.84. The second-order valence-electron chi connectivity index (χ2n) is 7.11. The molecule has 4 aromatic rings. The zero-order valence-corrected chi connectivity index (χ0v) is 18.1. The number of hydrogen-bond donors (Lipinski definition) is 0. The highest BCUT2D eigenvalue weighted by molar-refractivity contribution is 7.99. The Bertz CT molecular complexity index is 1230. The van der Waals surface area contributed by atoms with Gasteiger partial charge in [0.2, 0.25) is 5.78 Å². The minimum Gasteiger partial charge on any atom is -0.496 e. The van der Waals surface area contributed by atoms with Gasteiger partial charge in [-0.2, -0.15) is 0 Å². The molecule has 0 saturated carbocycles. The smallest absolute Gasteiger partial charge is 0.263 e. The van der Waals surface area contributed by atoms with Crippen molar-refractivity contribution < 1.29 is 9.47 Å². The Labute approximate surface area is 178 Å². The van der Waals surface area contributed by atoms with Crippen LogP contribution in [0.1, 0.15) is 19.4 Å². The van der Waals surface area contributed by atoms with Gasteiger partial charge in [-0.3, -0.25) is 13.8 Å². The molecule has 2 heterocycles. The van der Waals surface area contributed by atoms with Crippen molar-refractivity contribution >= 4 is 28.4 Å². The zero-order valence-electron chi connectivity index (χ0n) is 17.2. The lowest BCUT2D eigenvalue weighted by Crippen LogP contribution is -2.24. The first-order valence-corrected chi connectivity index (χ1v) is 10.8. The lowest BCUT2D eigenvalue weighted by molar-refractivity contribution is 0.0920. The van der Waals surface area contributed by atoms with E-state index in [1.165, 1.54) is 0 Å². The Morgan fingerprint density at radius 1 is 1.07 bits per heavy atom. The van der Waals surface area contributed by atoms with Crippen LogP contribution < -0.4 is 10.3 Å². The zero-order chi connectivity index (χ0) is 21.1. The van der Waals surface area contributed by atoms with Crippen molar-refractivity contribution in [2.45, 2.75) is 31.7 Å². The van der Waals surface area contributed by atoms with Crippen LogP contribution >= 0.6 is 11.8 Å². The van der Waals surface area contributed by atoms with Gasteiger partial charge in [0.25, 0.3) is 5.56 Å². The standard InChI is InChI=1S/C22H24N4O3S/c1-15(2)29-12-13-30-22-24-23-21-25(14-16-8-4-7-11-19(16)28-3)20(27)17-9-5-6-10-18(17)26(21)22/h4-11,15H,12-14H2,1-3H3. The normalized spacial score (nSPS) is 11.6. The molecule has 0 radical (unpaired) electrons. The van der Waals surface area contributed by atoms with Gasteiger partial charge in [-0.05, 0) is 32.0 Å². The van der Waals surface area contributed by atoms with Gasteiger partial charge in [0.05, 0.1) is 37.3 Å². The van der Waals surface area contributed by atoms with Gasteiger partial charge in [0.1, 0.15) is 5.75 Å². The maximum absolute atomic E-state index is 13.3. The monoisotopic (exact) mass is 424 g/mol. The summed E-state index contributed by atoms with van der Waals surface area (Å²) in [5, 5.41) is 10.1. The summed E-state index contributed by atoms with van der Waals surface area (Å²) in [6.45, 7) is 4.99. The summed E-state index contributed by atoms with van der Waals surface area (Å²) < 4.78 is 14.7. The molecule has 156 valence electrons. The SMILES string of the molecule is COc1ccccc1Cn1c(=O)c2ccccc2n2c(SCCOC(C)C)nnc12. The number of methoxy groups -OCH3 is 1. The van der Waals surface area contributed by atoms with Gasteiger partial charge in [-0.1, -0.05) is 42.1 Å². The predicted octanol–water partition coefficient (Wildman–Crippen LogP) is 3.62. The number of hydrogen-bond acceptors (Lipinski definition) is 6. The number of rotatable bonds is 8. The van der Waals surface area contributed by atoms with E-state index in [2.05, 4.69) is 10.2 Å². The first-order chi connectivity index (χ1) is 14.6. The molecule has 0 aliphatic carbocycles. The van der Waals surface area contributed by atoms with Crippen LogP contribution in [0.4, 0.5) is 0 Å². The van der Waals surface area contributed by atoms with Crippen molar-refractivity contribution in [2.24, 2.45) is 0 Å². The molecule has 2 aromatic carbocycles. The molecular weight excluding hydrogens is 400 g/mol. The van der Waals surface area contributed by atoms with Crippen molar-refractivity contribution in [1.29, 1.82) is 0 Å². The molecule has 2 aromatic heterocycles. The van der Waals surface area contributed by atoms with Gasteiger partial charge in [0.15, 0.2) is 5.16 Å². The van der Waals surface area contributed by atoms with Gasteiger partial charge in [-0.25, -0.2) is 0 Å². The lowest BCUT2D eigenvalue weighted by Gasteiger charge is -2.13. The average molecular weight is 425 g/mol. The van der Waals surface area contributed by atoms with E-state index in [4.69, 9.17) is 9.47 Å². The van der Waals surface area contributed by atoms with E-state index in [-0.39, 0.29) is 11.7 Å². The van der Waals surface area contributed by atoms with Gasteiger partial charge in [-0.15, -0.1) is 10.2 Å². The van der Waals surface area contributed by atoms with Crippen molar-refractivity contribution in [2.75, 3.05) is 19.5 Å². The molecule has 0 bridgehead atoms. The van der Waals surface area contributed by atoms with Crippen LogP contribution in [0.3, 0.4) is 0 Å². The number of thioether (sulfide) groups is 1. The fraction of sp³-hybridized carbons (Fsp3) is 0.318. The molecule has 0 atom stereocenters. The summed E-state index contributed by atoms with van der Waals surface area (Å²) in [6.07, 6.45) is 0.188. The van der Waals surface area contributed by atoms with Crippen LogP contribution in [-0.4, -0.2) is 44.7 Å². The highest BCUT2D eigenvalue weighted by Crippen LogP contribution is 2.23. The summed E-state index contributed by atoms with van der Waals surface area (Å²) in [5.41, 5.74) is 1.60. The van der Waals surface area contributed by atoms with E-state index in [1.54, 1.807) is 23.4 Å².